The second kappa shape index (κ2) is 7.09. The maximum atomic E-state index is 11.8. The summed E-state index contributed by atoms with van der Waals surface area (Å²) in [6, 6.07) is 6.93. The summed E-state index contributed by atoms with van der Waals surface area (Å²) in [6.45, 7) is 6.56. The number of hydrogen-bond acceptors (Lipinski definition) is 7. The van der Waals surface area contributed by atoms with E-state index < -0.39 is 9.73 Å². The molecule has 0 radical (unpaired) electrons. The molecule has 0 bridgehead atoms. The fourth-order valence-electron chi connectivity index (χ4n) is 3.64. The Morgan fingerprint density at radius 3 is 2.56 bits per heavy atom. The second-order valence-electron chi connectivity index (χ2n) is 7.23. The van der Waals surface area contributed by atoms with Gasteiger partial charge in [0.2, 0.25) is 5.95 Å². The Morgan fingerprint density at radius 1 is 1.19 bits per heavy atom. The van der Waals surface area contributed by atoms with Gasteiger partial charge in [0.1, 0.15) is 5.75 Å². The first-order valence-electron chi connectivity index (χ1n) is 9.22. The van der Waals surface area contributed by atoms with Gasteiger partial charge >= 0.3 is 0 Å². The van der Waals surface area contributed by atoms with Gasteiger partial charge in [-0.1, -0.05) is 12.1 Å². The highest BCUT2D eigenvalue weighted by atomic mass is 32.2. The van der Waals surface area contributed by atoms with Crippen molar-refractivity contribution in [1.29, 1.82) is 4.78 Å². The molecule has 0 aliphatic carbocycles. The molecule has 1 N–H and O–H groups in total. The Hall–Kier alpha value is -2.19. The molecule has 3 heterocycles. The van der Waals surface area contributed by atoms with Crippen LogP contribution in [0.3, 0.4) is 0 Å². The number of aromatic nitrogens is 2. The average Bonchev–Trinajstić information content (AvgIpc) is 3.15. The van der Waals surface area contributed by atoms with E-state index in [1.807, 2.05) is 0 Å². The van der Waals surface area contributed by atoms with E-state index in [0.29, 0.717) is 16.9 Å². The van der Waals surface area contributed by atoms with Crippen molar-refractivity contribution >= 4 is 15.7 Å². The van der Waals surface area contributed by atoms with Crippen LogP contribution in [-0.4, -0.2) is 58.1 Å². The molecule has 144 valence electrons. The molecular formula is C19H25N5O2S. The predicted molar refractivity (Wildman–Crippen MR) is 105 cm³/mol. The Morgan fingerprint density at radius 2 is 1.89 bits per heavy atom. The zero-order valence-corrected chi connectivity index (χ0v) is 16.5. The molecular weight excluding hydrogens is 362 g/mol. The van der Waals surface area contributed by atoms with E-state index in [1.54, 1.807) is 0 Å². The van der Waals surface area contributed by atoms with Crippen LogP contribution in [0.2, 0.25) is 0 Å². The fourth-order valence-corrected chi connectivity index (χ4v) is 4.14. The van der Waals surface area contributed by atoms with E-state index in [-0.39, 0.29) is 0 Å². The Labute approximate surface area is 160 Å². The van der Waals surface area contributed by atoms with Crippen LogP contribution in [0, 0.1) is 4.78 Å². The van der Waals surface area contributed by atoms with Crippen molar-refractivity contribution in [3.63, 3.8) is 0 Å². The second-order valence-corrected chi connectivity index (χ2v) is 9.39. The number of hydrogen-bond donors (Lipinski definition) is 1. The minimum Gasteiger partial charge on any atom is -0.493 e. The zero-order chi connectivity index (χ0) is 19.0. The topological polar surface area (TPSA) is 82.4 Å². The number of anilines is 1. The Balaban J connectivity index is 1.40. The van der Waals surface area contributed by atoms with Gasteiger partial charge in [-0.25, -0.2) is 19.0 Å². The summed E-state index contributed by atoms with van der Waals surface area (Å²) in [5.74, 6) is 1.68. The average molecular weight is 388 g/mol. The molecule has 2 atom stereocenters. The monoisotopic (exact) mass is 387 g/mol. The summed E-state index contributed by atoms with van der Waals surface area (Å²) in [7, 11) is -2.77. The van der Waals surface area contributed by atoms with Gasteiger partial charge in [-0.05, 0) is 24.1 Å². The number of benzene rings is 1. The first kappa shape index (κ1) is 18.2. The van der Waals surface area contributed by atoms with Crippen molar-refractivity contribution in [1.82, 2.24) is 14.9 Å². The van der Waals surface area contributed by atoms with Crippen molar-refractivity contribution < 1.29 is 8.95 Å². The highest BCUT2D eigenvalue weighted by Crippen LogP contribution is 2.31. The third-order valence-corrected chi connectivity index (χ3v) is 6.52. The molecule has 2 aromatic rings. The van der Waals surface area contributed by atoms with E-state index in [4.69, 9.17) is 9.52 Å². The largest absolute Gasteiger partial charge is 0.493 e. The van der Waals surface area contributed by atoms with E-state index in [0.717, 1.165) is 45.0 Å². The number of piperazine rings is 1. The van der Waals surface area contributed by atoms with Gasteiger partial charge in [0.15, 0.2) is 0 Å². The maximum Gasteiger partial charge on any atom is 0.225 e. The summed E-state index contributed by atoms with van der Waals surface area (Å²) in [6.07, 6.45) is 5.42. The van der Waals surface area contributed by atoms with Crippen molar-refractivity contribution in [3.05, 3.63) is 41.7 Å². The molecule has 2 aliphatic rings. The third-order valence-electron chi connectivity index (χ3n) is 5.41. The number of nitrogens with one attached hydrogen (secondary N) is 1. The normalized spacial score (nSPS) is 20.6. The minimum absolute atomic E-state index is 0.332. The smallest absolute Gasteiger partial charge is 0.225 e. The highest BCUT2D eigenvalue weighted by Gasteiger charge is 2.24. The molecule has 4 rings (SSSR count). The Bertz CT molecular complexity index is 922. The van der Waals surface area contributed by atoms with Gasteiger partial charge in [0.05, 0.1) is 21.2 Å². The zero-order valence-electron chi connectivity index (χ0n) is 15.7. The van der Waals surface area contributed by atoms with Gasteiger partial charge in [-0.3, -0.25) is 4.90 Å². The molecule has 0 unspecified atom stereocenters. The SMILES string of the molecule is C[C@@H](c1ccc2c(c1)OCC2)N1CCN(c2ncc([S@@](C)(=N)=O)cn2)CC1. The lowest BCUT2D eigenvalue weighted by molar-refractivity contribution is 0.197. The first-order valence-corrected chi connectivity index (χ1v) is 11.2. The van der Waals surface area contributed by atoms with Crippen LogP contribution in [0.1, 0.15) is 24.1 Å². The molecule has 1 fully saturated rings. The molecule has 2 aliphatic heterocycles. The quantitative estimate of drug-likeness (QED) is 0.867. The van der Waals surface area contributed by atoms with Gasteiger partial charge in [0.25, 0.3) is 0 Å². The van der Waals surface area contributed by atoms with Gasteiger partial charge < -0.3 is 9.64 Å². The van der Waals surface area contributed by atoms with Gasteiger partial charge in [-0.15, -0.1) is 0 Å². The summed E-state index contributed by atoms with van der Waals surface area (Å²) < 4.78 is 25.1. The van der Waals surface area contributed by atoms with E-state index in [2.05, 4.69) is 44.9 Å². The standard InChI is InChI=1S/C19H25N5O2S/c1-14(16-4-3-15-5-10-26-18(15)11-16)23-6-8-24(9-7-23)19-21-12-17(13-22-19)27(2,20)25/h3-4,11-14,20H,5-10H2,1-2H3/t14-,27-/m0/s1. The Kier molecular flexibility index (Phi) is 4.77. The summed E-state index contributed by atoms with van der Waals surface area (Å²) >= 11 is 0. The van der Waals surface area contributed by atoms with E-state index >= 15 is 0 Å². The van der Waals surface area contributed by atoms with E-state index in [9.17, 15) is 4.21 Å². The lowest BCUT2D eigenvalue weighted by Gasteiger charge is -2.38. The van der Waals surface area contributed by atoms with Crippen LogP contribution >= 0.6 is 0 Å². The fraction of sp³-hybridized carbons (Fsp3) is 0.474. The van der Waals surface area contributed by atoms with Crippen LogP contribution in [0.5, 0.6) is 5.75 Å². The number of fused-ring (bicyclic) bond motifs is 1. The number of nitrogens with zero attached hydrogens (tertiary/aromatic N) is 4. The van der Waals surface area contributed by atoms with Gasteiger partial charge in [0, 0.05) is 57.3 Å². The molecule has 7 nitrogen and oxygen atoms in total. The number of rotatable bonds is 4. The molecule has 0 amide bonds. The molecule has 1 aromatic carbocycles. The molecule has 1 saturated heterocycles. The molecule has 27 heavy (non-hydrogen) atoms. The lowest BCUT2D eigenvalue weighted by atomic mass is 10.0. The summed E-state index contributed by atoms with van der Waals surface area (Å²) in [5.41, 5.74) is 2.60. The molecule has 1 aromatic heterocycles. The molecule has 8 heteroatoms. The highest BCUT2D eigenvalue weighted by molar-refractivity contribution is 7.91. The molecule has 0 saturated carbocycles. The van der Waals surface area contributed by atoms with Crippen molar-refractivity contribution in [2.75, 3.05) is 43.9 Å². The van der Waals surface area contributed by atoms with Crippen LogP contribution < -0.4 is 9.64 Å². The van der Waals surface area contributed by atoms with Crippen molar-refractivity contribution in [2.24, 2.45) is 0 Å². The van der Waals surface area contributed by atoms with Crippen LogP contribution in [-0.2, 0) is 16.1 Å². The maximum absolute atomic E-state index is 11.8. The van der Waals surface area contributed by atoms with Crippen LogP contribution in [0.25, 0.3) is 0 Å². The minimum atomic E-state index is -2.77. The van der Waals surface area contributed by atoms with Crippen molar-refractivity contribution in [3.8, 4) is 5.75 Å². The summed E-state index contributed by atoms with van der Waals surface area (Å²) in [4.78, 5) is 13.6. The predicted octanol–water partition coefficient (Wildman–Crippen LogP) is 2.33. The lowest BCUT2D eigenvalue weighted by Crippen LogP contribution is -2.47. The molecule has 0 spiro atoms. The first-order chi connectivity index (χ1) is 12.9. The van der Waals surface area contributed by atoms with Gasteiger partial charge in [-0.2, -0.15) is 0 Å². The van der Waals surface area contributed by atoms with E-state index in [1.165, 1.54) is 29.8 Å². The van der Waals surface area contributed by atoms with Crippen molar-refractivity contribution in [2.45, 2.75) is 24.3 Å². The third kappa shape index (κ3) is 3.77. The summed E-state index contributed by atoms with van der Waals surface area (Å²) in [5, 5.41) is 0. The number of ether oxygens (including phenoxy) is 1. The van der Waals surface area contributed by atoms with Crippen LogP contribution in [0.15, 0.2) is 35.5 Å². The van der Waals surface area contributed by atoms with Crippen LogP contribution in [0.4, 0.5) is 5.95 Å².